The molecule has 1 amide bonds. The van der Waals surface area contributed by atoms with Gasteiger partial charge < -0.3 is 14.4 Å². The van der Waals surface area contributed by atoms with Crippen molar-refractivity contribution in [2.24, 2.45) is 0 Å². The number of nitrogens with one attached hydrogen (secondary N) is 1. The van der Waals surface area contributed by atoms with Crippen molar-refractivity contribution in [2.45, 2.75) is 11.3 Å². The van der Waals surface area contributed by atoms with Gasteiger partial charge in [0.05, 0.1) is 12.0 Å². The molecule has 3 aromatic rings. The summed E-state index contributed by atoms with van der Waals surface area (Å²) in [6, 6.07) is 22.8. The van der Waals surface area contributed by atoms with Crippen LogP contribution in [0.2, 0.25) is 0 Å². The molecule has 32 heavy (non-hydrogen) atoms. The Labute approximate surface area is 188 Å². The molecule has 0 bridgehead atoms. The first kappa shape index (κ1) is 23.3. The van der Waals surface area contributed by atoms with Crippen molar-refractivity contribution in [1.82, 2.24) is 4.72 Å². The smallest absolute Gasteiger partial charge is 0.264 e. The van der Waals surface area contributed by atoms with E-state index in [2.05, 4.69) is 4.72 Å². The van der Waals surface area contributed by atoms with E-state index in [0.29, 0.717) is 30.2 Å². The van der Waals surface area contributed by atoms with Gasteiger partial charge in [0.1, 0.15) is 11.5 Å². The van der Waals surface area contributed by atoms with Gasteiger partial charge in [0.15, 0.2) is 6.61 Å². The average molecular weight is 455 g/mol. The standard InChI is InChI=1S/C24H26N2O5S/c1-26(20-9-6-10-22(17-20)30-2)24(27)18-31-21-11-13-23(14-12-21)32(28,29)25-16-15-19-7-4-3-5-8-19/h3-14,17,25H,15-16,18H2,1-2H3. The molecule has 168 valence electrons. The van der Waals surface area contributed by atoms with Crippen LogP contribution >= 0.6 is 0 Å². The van der Waals surface area contributed by atoms with E-state index in [1.165, 1.54) is 29.2 Å². The third-order valence-electron chi connectivity index (χ3n) is 4.86. The molecule has 0 spiro atoms. The van der Waals surface area contributed by atoms with Crippen molar-refractivity contribution in [3.05, 3.63) is 84.4 Å². The highest BCUT2D eigenvalue weighted by molar-refractivity contribution is 7.89. The molecule has 0 aliphatic heterocycles. The fraction of sp³-hybridized carbons (Fsp3) is 0.208. The topological polar surface area (TPSA) is 84.9 Å². The van der Waals surface area contributed by atoms with Crippen molar-refractivity contribution in [2.75, 3.05) is 32.2 Å². The quantitative estimate of drug-likeness (QED) is 0.508. The molecule has 0 radical (unpaired) electrons. The minimum Gasteiger partial charge on any atom is -0.497 e. The lowest BCUT2D eigenvalue weighted by atomic mass is 10.2. The molecule has 0 saturated carbocycles. The van der Waals surface area contributed by atoms with Gasteiger partial charge in [0, 0.05) is 25.3 Å². The molecule has 0 fully saturated rings. The van der Waals surface area contributed by atoms with Crippen molar-refractivity contribution in [1.29, 1.82) is 0 Å². The van der Waals surface area contributed by atoms with Crippen LogP contribution in [0.4, 0.5) is 5.69 Å². The summed E-state index contributed by atoms with van der Waals surface area (Å²) in [6.45, 7) is 0.116. The first-order valence-electron chi connectivity index (χ1n) is 10.1. The predicted octanol–water partition coefficient (Wildman–Crippen LogP) is 3.26. The molecule has 0 aliphatic carbocycles. The zero-order valence-corrected chi connectivity index (χ0v) is 18.8. The number of methoxy groups -OCH3 is 1. The second kappa shape index (κ2) is 10.8. The molecule has 0 heterocycles. The fourth-order valence-corrected chi connectivity index (χ4v) is 4.01. The van der Waals surface area contributed by atoms with E-state index in [9.17, 15) is 13.2 Å². The van der Waals surface area contributed by atoms with Gasteiger partial charge in [-0.1, -0.05) is 36.4 Å². The highest BCUT2D eigenvalue weighted by Gasteiger charge is 2.15. The van der Waals surface area contributed by atoms with Gasteiger partial charge in [-0.15, -0.1) is 0 Å². The third-order valence-corrected chi connectivity index (χ3v) is 6.34. The number of rotatable bonds is 10. The zero-order chi connectivity index (χ0) is 23.0. The molecule has 3 aromatic carbocycles. The fourth-order valence-electron chi connectivity index (χ4n) is 2.98. The summed E-state index contributed by atoms with van der Waals surface area (Å²) in [4.78, 5) is 14.0. The molecule has 0 unspecified atom stereocenters. The number of carbonyl (C=O) groups is 1. The number of ether oxygens (including phenoxy) is 2. The summed E-state index contributed by atoms with van der Waals surface area (Å²) >= 11 is 0. The van der Waals surface area contributed by atoms with Crippen molar-refractivity contribution in [3.63, 3.8) is 0 Å². The molecule has 0 saturated heterocycles. The molecule has 0 aliphatic rings. The number of hydrogen-bond donors (Lipinski definition) is 1. The number of sulfonamides is 1. The lowest BCUT2D eigenvalue weighted by Gasteiger charge is -2.18. The summed E-state index contributed by atoms with van der Waals surface area (Å²) in [5, 5.41) is 0. The lowest BCUT2D eigenvalue weighted by Crippen LogP contribution is -2.31. The van der Waals surface area contributed by atoms with Crippen LogP contribution in [-0.2, 0) is 21.2 Å². The molecule has 8 heteroatoms. The number of benzene rings is 3. The third kappa shape index (κ3) is 6.32. The number of hydrogen-bond acceptors (Lipinski definition) is 5. The van der Waals surface area contributed by atoms with E-state index in [1.807, 2.05) is 30.3 Å². The Morgan fingerprint density at radius 1 is 0.938 bits per heavy atom. The Morgan fingerprint density at radius 3 is 2.34 bits per heavy atom. The van der Waals surface area contributed by atoms with E-state index in [1.54, 1.807) is 38.4 Å². The maximum absolute atomic E-state index is 12.5. The summed E-state index contributed by atoms with van der Waals surface area (Å²) < 4.78 is 38.3. The number of carbonyl (C=O) groups excluding carboxylic acids is 1. The Balaban J connectivity index is 1.52. The summed E-state index contributed by atoms with van der Waals surface area (Å²) in [5.41, 5.74) is 1.74. The average Bonchev–Trinajstić information content (AvgIpc) is 2.83. The highest BCUT2D eigenvalue weighted by atomic mass is 32.2. The van der Waals surface area contributed by atoms with Gasteiger partial charge in [-0.2, -0.15) is 0 Å². The van der Waals surface area contributed by atoms with E-state index in [0.717, 1.165) is 5.56 Å². The largest absolute Gasteiger partial charge is 0.497 e. The van der Waals surface area contributed by atoms with Gasteiger partial charge in [-0.3, -0.25) is 4.79 Å². The van der Waals surface area contributed by atoms with Crippen LogP contribution in [0.15, 0.2) is 83.8 Å². The van der Waals surface area contributed by atoms with Crippen LogP contribution in [0.25, 0.3) is 0 Å². The first-order valence-corrected chi connectivity index (χ1v) is 11.5. The maximum Gasteiger partial charge on any atom is 0.264 e. The molecular formula is C24H26N2O5S. The normalized spacial score (nSPS) is 11.1. The van der Waals surface area contributed by atoms with Gasteiger partial charge in [-0.05, 0) is 48.4 Å². The molecule has 0 aromatic heterocycles. The zero-order valence-electron chi connectivity index (χ0n) is 18.0. The number of nitrogens with zero attached hydrogens (tertiary/aromatic N) is 1. The van der Waals surface area contributed by atoms with Crippen LogP contribution < -0.4 is 19.1 Å². The molecule has 3 rings (SSSR count). The molecule has 1 N–H and O–H groups in total. The van der Waals surface area contributed by atoms with Crippen LogP contribution in [0.1, 0.15) is 5.56 Å². The van der Waals surface area contributed by atoms with E-state index >= 15 is 0 Å². The maximum atomic E-state index is 12.5. The van der Waals surface area contributed by atoms with E-state index < -0.39 is 10.0 Å². The Hall–Kier alpha value is -3.36. The SMILES string of the molecule is COc1cccc(N(C)C(=O)COc2ccc(S(=O)(=O)NCCc3ccccc3)cc2)c1. The molecule has 7 nitrogen and oxygen atoms in total. The van der Waals surface area contributed by atoms with Crippen LogP contribution in [0, 0.1) is 0 Å². The van der Waals surface area contributed by atoms with Gasteiger partial charge in [-0.25, -0.2) is 13.1 Å². The van der Waals surface area contributed by atoms with E-state index in [4.69, 9.17) is 9.47 Å². The van der Waals surface area contributed by atoms with Crippen LogP contribution in [-0.4, -0.2) is 41.6 Å². The summed E-state index contributed by atoms with van der Waals surface area (Å²) in [6.07, 6.45) is 0.601. The second-order valence-corrected chi connectivity index (χ2v) is 8.81. The van der Waals surface area contributed by atoms with Gasteiger partial charge in [0.25, 0.3) is 5.91 Å². The number of anilines is 1. The monoisotopic (exact) mass is 454 g/mol. The molecule has 0 atom stereocenters. The number of amides is 1. The predicted molar refractivity (Wildman–Crippen MR) is 124 cm³/mol. The van der Waals surface area contributed by atoms with Crippen molar-refractivity contribution < 1.29 is 22.7 Å². The first-order chi connectivity index (χ1) is 15.4. The Bertz CT molecular complexity index is 1130. The van der Waals surface area contributed by atoms with Crippen molar-refractivity contribution in [3.8, 4) is 11.5 Å². The van der Waals surface area contributed by atoms with Crippen molar-refractivity contribution >= 4 is 21.6 Å². The summed E-state index contributed by atoms with van der Waals surface area (Å²) in [5.74, 6) is 0.801. The van der Waals surface area contributed by atoms with Crippen LogP contribution in [0.3, 0.4) is 0 Å². The van der Waals surface area contributed by atoms with Crippen LogP contribution in [0.5, 0.6) is 11.5 Å². The summed E-state index contributed by atoms with van der Waals surface area (Å²) in [7, 11) is -0.415. The lowest BCUT2D eigenvalue weighted by molar-refractivity contribution is -0.120. The number of likely N-dealkylation sites (N-methyl/N-ethyl adjacent to an activating group) is 1. The second-order valence-electron chi connectivity index (χ2n) is 7.05. The minimum atomic E-state index is -3.63. The Morgan fingerprint density at radius 2 is 1.66 bits per heavy atom. The minimum absolute atomic E-state index is 0.137. The highest BCUT2D eigenvalue weighted by Crippen LogP contribution is 2.21. The van der Waals surface area contributed by atoms with Gasteiger partial charge >= 0.3 is 0 Å². The van der Waals surface area contributed by atoms with E-state index in [-0.39, 0.29) is 17.4 Å². The molecular weight excluding hydrogens is 428 g/mol. The van der Waals surface area contributed by atoms with Gasteiger partial charge in [0.2, 0.25) is 10.0 Å². The Kier molecular flexibility index (Phi) is 7.86.